The van der Waals surface area contributed by atoms with E-state index in [1.807, 2.05) is 27.7 Å². The van der Waals surface area contributed by atoms with Gasteiger partial charge in [0.25, 0.3) is 0 Å². The molecule has 1 aliphatic rings. The van der Waals surface area contributed by atoms with E-state index in [9.17, 15) is 4.79 Å². The van der Waals surface area contributed by atoms with Crippen LogP contribution in [0.2, 0.25) is 0 Å². The van der Waals surface area contributed by atoms with Crippen molar-refractivity contribution in [3.63, 3.8) is 0 Å². The van der Waals surface area contributed by atoms with Crippen molar-refractivity contribution in [1.29, 1.82) is 0 Å². The Bertz CT molecular complexity index is 562. The van der Waals surface area contributed by atoms with Crippen LogP contribution in [0.25, 0.3) is 0 Å². The van der Waals surface area contributed by atoms with Crippen molar-refractivity contribution in [2.24, 2.45) is 0 Å². The van der Waals surface area contributed by atoms with Crippen LogP contribution in [0.15, 0.2) is 18.2 Å². The molecule has 0 saturated carbocycles. The third-order valence-electron chi connectivity index (χ3n) is 2.95. The zero-order valence-corrected chi connectivity index (χ0v) is 11.7. The largest absolute Gasteiger partial charge is 0.486 e. The number of carbonyl (C=O) groups is 1. The van der Waals surface area contributed by atoms with E-state index in [1.165, 1.54) is 0 Å². The van der Waals surface area contributed by atoms with Crippen molar-refractivity contribution in [1.82, 2.24) is 0 Å². The Kier molecular flexibility index (Phi) is 3.06. The monoisotopic (exact) mass is 258 g/mol. The number of ether oxygens (including phenoxy) is 2. The summed E-state index contributed by atoms with van der Waals surface area (Å²) in [4.78, 5) is 12.0. The second-order valence-corrected chi connectivity index (χ2v) is 5.88. The predicted molar refractivity (Wildman–Crippen MR) is 73.6 cm³/mol. The number of ketones is 1. The van der Waals surface area contributed by atoms with Gasteiger partial charge in [0.2, 0.25) is 0 Å². The van der Waals surface area contributed by atoms with Crippen LogP contribution in [0.3, 0.4) is 0 Å². The summed E-state index contributed by atoms with van der Waals surface area (Å²) in [6.07, 6.45) is 5.78. The molecule has 0 radical (unpaired) electrons. The molecule has 1 aromatic carbocycles. The van der Waals surface area contributed by atoms with E-state index >= 15 is 0 Å². The summed E-state index contributed by atoms with van der Waals surface area (Å²) in [6.45, 7) is 7.41. The van der Waals surface area contributed by atoms with Crippen molar-refractivity contribution in [2.75, 3.05) is 0 Å². The van der Waals surface area contributed by atoms with Gasteiger partial charge < -0.3 is 9.47 Å². The highest BCUT2D eigenvalue weighted by Gasteiger charge is 2.32. The molecule has 0 N–H and O–H groups in total. The molecule has 2 rings (SSSR count). The first-order chi connectivity index (χ1) is 8.72. The minimum Gasteiger partial charge on any atom is -0.486 e. The van der Waals surface area contributed by atoms with E-state index in [-0.39, 0.29) is 5.78 Å². The Hall–Kier alpha value is -1.95. The van der Waals surface area contributed by atoms with Crippen LogP contribution in [-0.4, -0.2) is 17.0 Å². The lowest BCUT2D eigenvalue weighted by Crippen LogP contribution is -2.36. The number of benzene rings is 1. The van der Waals surface area contributed by atoms with E-state index < -0.39 is 11.2 Å². The molecule has 0 spiro atoms. The molecular weight excluding hydrogens is 240 g/mol. The van der Waals surface area contributed by atoms with Crippen LogP contribution in [0, 0.1) is 12.3 Å². The topological polar surface area (TPSA) is 35.5 Å². The summed E-state index contributed by atoms with van der Waals surface area (Å²) >= 11 is 0. The van der Waals surface area contributed by atoms with Crippen LogP contribution in [0.1, 0.15) is 44.5 Å². The average Bonchev–Trinajstić information content (AvgIpc) is 2.26. The predicted octanol–water partition coefficient (Wildman–Crippen LogP) is 3.22. The first-order valence-electron chi connectivity index (χ1n) is 6.25. The number of Topliss-reactive ketones (excluding diaryl/α,β-unsaturated/α-hetero) is 1. The normalized spacial score (nSPS) is 17.1. The Morgan fingerprint density at radius 1 is 1.42 bits per heavy atom. The summed E-state index contributed by atoms with van der Waals surface area (Å²) in [5.74, 6) is 3.82. The van der Waals surface area contributed by atoms with E-state index in [0.717, 1.165) is 0 Å². The minimum absolute atomic E-state index is 0.0917. The van der Waals surface area contributed by atoms with Crippen molar-refractivity contribution in [2.45, 2.75) is 45.3 Å². The molecule has 0 aromatic heterocycles. The maximum absolute atomic E-state index is 12.0. The van der Waals surface area contributed by atoms with Gasteiger partial charge in [-0.15, -0.1) is 6.42 Å². The fourth-order valence-electron chi connectivity index (χ4n) is 2.02. The fourth-order valence-corrected chi connectivity index (χ4v) is 2.02. The number of fused-ring (bicyclic) bond motifs is 1. The van der Waals surface area contributed by atoms with Gasteiger partial charge in [0, 0.05) is 6.07 Å². The highest BCUT2D eigenvalue weighted by Crippen LogP contribution is 2.36. The van der Waals surface area contributed by atoms with E-state index in [2.05, 4.69) is 5.92 Å². The maximum atomic E-state index is 12.0. The van der Waals surface area contributed by atoms with Gasteiger partial charge in [0.1, 0.15) is 17.1 Å². The van der Waals surface area contributed by atoms with Gasteiger partial charge in [-0.3, -0.25) is 4.79 Å². The number of hydrogen-bond acceptors (Lipinski definition) is 3. The van der Waals surface area contributed by atoms with Gasteiger partial charge >= 0.3 is 0 Å². The van der Waals surface area contributed by atoms with Gasteiger partial charge in [0.05, 0.1) is 12.0 Å². The van der Waals surface area contributed by atoms with E-state index in [4.69, 9.17) is 15.9 Å². The van der Waals surface area contributed by atoms with Crippen LogP contribution < -0.4 is 9.47 Å². The first-order valence-corrected chi connectivity index (χ1v) is 6.25. The van der Waals surface area contributed by atoms with Gasteiger partial charge in [-0.05, 0) is 39.8 Å². The molecule has 0 unspecified atom stereocenters. The molecule has 3 nitrogen and oxygen atoms in total. The van der Waals surface area contributed by atoms with Crippen molar-refractivity contribution in [3.05, 3.63) is 23.8 Å². The highest BCUT2D eigenvalue weighted by molar-refractivity contribution is 6.00. The Labute approximate surface area is 113 Å². The molecule has 3 heteroatoms. The lowest BCUT2D eigenvalue weighted by atomic mass is 9.93. The molecular formula is C16H18O3. The van der Waals surface area contributed by atoms with Gasteiger partial charge in [-0.25, -0.2) is 0 Å². The third-order valence-corrected chi connectivity index (χ3v) is 2.95. The molecule has 1 aromatic rings. The van der Waals surface area contributed by atoms with E-state index in [0.29, 0.717) is 23.5 Å². The first kappa shape index (κ1) is 13.5. The quantitative estimate of drug-likeness (QED) is 0.764. The molecule has 0 fully saturated rings. The van der Waals surface area contributed by atoms with Crippen molar-refractivity contribution >= 4 is 5.78 Å². The number of carbonyl (C=O) groups excluding carboxylic acids is 1. The van der Waals surface area contributed by atoms with Crippen LogP contribution in [0.5, 0.6) is 11.5 Å². The third kappa shape index (κ3) is 2.90. The zero-order chi connectivity index (χ0) is 14.3. The molecule has 0 aliphatic carbocycles. The Morgan fingerprint density at radius 2 is 2.11 bits per heavy atom. The van der Waals surface area contributed by atoms with Crippen molar-refractivity contribution < 1.29 is 14.3 Å². The zero-order valence-electron chi connectivity index (χ0n) is 11.7. The molecule has 100 valence electrons. The molecule has 0 bridgehead atoms. The average molecular weight is 258 g/mol. The standard InChI is InChI=1S/C16H18O3/c1-6-15(2,3)18-11-7-8-12-13(17)10-16(4,5)19-14(12)9-11/h1,7-9H,10H2,2-5H3. The molecule has 1 heterocycles. The fraction of sp³-hybridized carbons (Fsp3) is 0.438. The molecule has 0 saturated heterocycles. The highest BCUT2D eigenvalue weighted by atomic mass is 16.5. The Balaban J connectivity index is 2.34. The number of terminal acetylenes is 1. The van der Waals surface area contributed by atoms with E-state index in [1.54, 1.807) is 18.2 Å². The van der Waals surface area contributed by atoms with Crippen LogP contribution >= 0.6 is 0 Å². The lowest BCUT2D eigenvalue weighted by molar-refractivity contribution is 0.0616. The second kappa shape index (κ2) is 4.31. The molecule has 1 aliphatic heterocycles. The summed E-state index contributed by atoms with van der Waals surface area (Å²) < 4.78 is 11.5. The van der Waals surface area contributed by atoms with Crippen LogP contribution in [-0.2, 0) is 0 Å². The number of rotatable bonds is 2. The smallest absolute Gasteiger partial charge is 0.170 e. The molecule has 19 heavy (non-hydrogen) atoms. The summed E-state index contributed by atoms with van der Waals surface area (Å²) in [7, 11) is 0. The maximum Gasteiger partial charge on any atom is 0.170 e. The minimum atomic E-state index is -0.692. The number of hydrogen-bond donors (Lipinski definition) is 0. The summed E-state index contributed by atoms with van der Waals surface area (Å²) in [5, 5.41) is 0. The molecule has 0 atom stereocenters. The molecule has 0 amide bonds. The lowest BCUT2D eigenvalue weighted by Gasteiger charge is -2.32. The van der Waals surface area contributed by atoms with Crippen LogP contribution in [0.4, 0.5) is 0 Å². The van der Waals surface area contributed by atoms with Crippen molar-refractivity contribution in [3.8, 4) is 23.8 Å². The second-order valence-electron chi connectivity index (χ2n) is 5.88. The summed E-state index contributed by atoms with van der Waals surface area (Å²) in [6, 6.07) is 5.21. The summed E-state index contributed by atoms with van der Waals surface area (Å²) in [5.41, 5.74) is -0.572. The van der Waals surface area contributed by atoms with Gasteiger partial charge in [-0.2, -0.15) is 0 Å². The van der Waals surface area contributed by atoms with Gasteiger partial charge in [-0.1, -0.05) is 5.92 Å². The Morgan fingerprint density at radius 3 is 2.74 bits per heavy atom. The SMILES string of the molecule is C#CC(C)(C)Oc1ccc2c(c1)OC(C)(C)CC2=O. The van der Waals surface area contributed by atoms with Gasteiger partial charge in [0.15, 0.2) is 11.4 Å².